The summed E-state index contributed by atoms with van der Waals surface area (Å²) in [7, 11) is 0. The average Bonchev–Trinajstić information content (AvgIpc) is 2.81. The molecule has 0 saturated heterocycles. The third-order valence-electron chi connectivity index (χ3n) is 4.66. The van der Waals surface area contributed by atoms with Crippen LogP contribution in [0.25, 0.3) is 0 Å². The van der Waals surface area contributed by atoms with E-state index >= 15 is 0 Å². The third-order valence-corrected chi connectivity index (χ3v) is 4.66. The van der Waals surface area contributed by atoms with Gasteiger partial charge >= 0.3 is 0 Å². The number of carbonyl (C=O) groups is 3. The fourth-order valence-corrected chi connectivity index (χ4v) is 3.59. The molecule has 1 aromatic carbocycles. The summed E-state index contributed by atoms with van der Waals surface area (Å²) in [6, 6.07) is 3.97. The molecule has 1 aliphatic rings. The Labute approximate surface area is 160 Å². The van der Waals surface area contributed by atoms with Gasteiger partial charge < -0.3 is 5.73 Å². The molecular weight excluding hydrogens is 338 g/mol. The van der Waals surface area contributed by atoms with E-state index in [9.17, 15) is 14.4 Å². The minimum atomic E-state index is -0.777. The topological polar surface area (TPSA) is 77.2 Å². The molecule has 1 unspecified atom stereocenters. The van der Waals surface area contributed by atoms with E-state index in [1.54, 1.807) is 6.08 Å². The first-order valence-corrected chi connectivity index (χ1v) is 8.81. The lowest BCUT2D eigenvalue weighted by molar-refractivity contribution is -0.123. The fourth-order valence-electron chi connectivity index (χ4n) is 3.59. The first-order valence-electron chi connectivity index (χ1n) is 8.81. The average molecular weight is 363 g/mol. The van der Waals surface area contributed by atoms with Gasteiger partial charge in [-0.3, -0.25) is 14.4 Å². The van der Waals surface area contributed by atoms with Crippen molar-refractivity contribution in [3.05, 3.63) is 82.1 Å². The molecule has 0 aliphatic heterocycles. The highest BCUT2D eigenvalue weighted by Gasteiger charge is 2.39. The molecule has 1 atom stereocenters. The van der Waals surface area contributed by atoms with E-state index in [1.807, 2.05) is 32.9 Å². The van der Waals surface area contributed by atoms with Crippen LogP contribution in [0.4, 0.5) is 0 Å². The maximum atomic E-state index is 12.9. The van der Waals surface area contributed by atoms with Crippen LogP contribution in [0.2, 0.25) is 0 Å². The number of hydrogen-bond donors (Lipinski definition) is 1. The highest BCUT2D eigenvalue weighted by molar-refractivity contribution is 6.23. The van der Waals surface area contributed by atoms with E-state index in [0.717, 1.165) is 22.3 Å². The molecule has 0 amide bonds. The molecule has 0 heterocycles. The molecule has 2 rings (SSSR count). The molecule has 1 saturated carbocycles. The maximum absolute atomic E-state index is 12.9. The Hall–Kier alpha value is -3.01. The summed E-state index contributed by atoms with van der Waals surface area (Å²) < 4.78 is 0. The van der Waals surface area contributed by atoms with Crippen molar-refractivity contribution in [2.45, 2.75) is 40.0 Å². The molecule has 1 aromatic rings. The van der Waals surface area contributed by atoms with Crippen LogP contribution in [0, 0.1) is 20.8 Å². The summed E-state index contributed by atoms with van der Waals surface area (Å²) in [5.41, 5.74) is 10.8. The molecule has 0 radical (unpaired) electrons. The SMILES string of the molecule is C=C\C=C(/C=C(N)/C=C1\CC(=O)C(c2c(C)cc(C)cc2C)C1=O)C(C)=O. The highest BCUT2D eigenvalue weighted by atomic mass is 16.2. The molecular formula is C23H25NO3. The zero-order valence-electron chi connectivity index (χ0n) is 16.3. The van der Waals surface area contributed by atoms with Gasteiger partial charge in [-0.2, -0.15) is 0 Å². The van der Waals surface area contributed by atoms with Crippen LogP contribution in [0.15, 0.2) is 59.9 Å². The van der Waals surface area contributed by atoms with Crippen molar-refractivity contribution in [3.8, 4) is 0 Å². The Balaban J connectivity index is 2.41. The summed E-state index contributed by atoms with van der Waals surface area (Å²) >= 11 is 0. The number of nitrogens with two attached hydrogens (primary N) is 1. The Morgan fingerprint density at radius 3 is 2.30 bits per heavy atom. The zero-order valence-corrected chi connectivity index (χ0v) is 16.3. The molecule has 1 fully saturated rings. The standard InChI is InChI=1S/C23H25NO3/c1-6-7-17(16(5)25)10-19(24)11-18-12-20(26)22(23(18)27)21-14(3)8-13(2)9-15(21)4/h6-11,22H,1,12,24H2,2-5H3/b17-7+,18-11+,19-10-. The van der Waals surface area contributed by atoms with Crippen LogP contribution in [0.1, 0.15) is 41.5 Å². The van der Waals surface area contributed by atoms with Crippen LogP contribution >= 0.6 is 0 Å². The number of Topliss-reactive ketones (excluding diaryl/α,β-unsaturated/α-hetero) is 3. The molecule has 2 N–H and O–H groups in total. The van der Waals surface area contributed by atoms with Gasteiger partial charge in [-0.25, -0.2) is 0 Å². The Bertz CT molecular complexity index is 906. The van der Waals surface area contributed by atoms with Gasteiger partial charge in [0, 0.05) is 23.3 Å². The van der Waals surface area contributed by atoms with Crippen molar-refractivity contribution >= 4 is 17.3 Å². The number of rotatable bonds is 5. The number of hydrogen-bond acceptors (Lipinski definition) is 4. The molecule has 0 aromatic heterocycles. The Morgan fingerprint density at radius 2 is 1.78 bits per heavy atom. The van der Waals surface area contributed by atoms with Crippen molar-refractivity contribution < 1.29 is 14.4 Å². The fraction of sp³-hybridized carbons (Fsp3) is 0.261. The van der Waals surface area contributed by atoms with E-state index in [-0.39, 0.29) is 29.5 Å². The van der Waals surface area contributed by atoms with Gasteiger partial charge in [-0.1, -0.05) is 36.4 Å². The lowest BCUT2D eigenvalue weighted by atomic mass is 9.87. The Kier molecular flexibility index (Phi) is 6.11. The first kappa shape index (κ1) is 20.3. The summed E-state index contributed by atoms with van der Waals surface area (Å²) in [4.78, 5) is 37.1. The van der Waals surface area contributed by atoms with Crippen molar-refractivity contribution in [2.75, 3.05) is 0 Å². The summed E-state index contributed by atoms with van der Waals surface area (Å²) in [6.45, 7) is 10.8. The van der Waals surface area contributed by atoms with Gasteiger partial charge in [0.15, 0.2) is 17.3 Å². The largest absolute Gasteiger partial charge is 0.399 e. The van der Waals surface area contributed by atoms with Crippen molar-refractivity contribution in [1.82, 2.24) is 0 Å². The Morgan fingerprint density at radius 1 is 1.19 bits per heavy atom. The van der Waals surface area contributed by atoms with Crippen LogP contribution in [0.3, 0.4) is 0 Å². The number of aryl methyl sites for hydroxylation is 3. The lowest BCUT2D eigenvalue weighted by Crippen LogP contribution is -2.15. The second kappa shape index (κ2) is 8.12. The quantitative estimate of drug-likeness (QED) is 0.491. The van der Waals surface area contributed by atoms with E-state index in [4.69, 9.17) is 5.73 Å². The number of allylic oxidation sites excluding steroid dienone is 6. The minimum absolute atomic E-state index is 0.0470. The van der Waals surface area contributed by atoms with Crippen molar-refractivity contribution in [2.24, 2.45) is 5.73 Å². The van der Waals surface area contributed by atoms with E-state index in [2.05, 4.69) is 6.58 Å². The lowest BCUT2D eigenvalue weighted by Gasteiger charge is -2.15. The van der Waals surface area contributed by atoms with E-state index < -0.39 is 5.92 Å². The molecule has 27 heavy (non-hydrogen) atoms. The monoisotopic (exact) mass is 363 g/mol. The predicted molar refractivity (Wildman–Crippen MR) is 107 cm³/mol. The smallest absolute Gasteiger partial charge is 0.174 e. The van der Waals surface area contributed by atoms with E-state index in [0.29, 0.717) is 11.1 Å². The minimum Gasteiger partial charge on any atom is -0.399 e. The zero-order chi connectivity index (χ0) is 20.3. The molecule has 4 nitrogen and oxygen atoms in total. The molecule has 0 spiro atoms. The number of ketones is 3. The van der Waals surface area contributed by atoms with Gasteiger partial charge in [0.05, 0.1) is 0 Å². The van der Waals surface area contributed by atoms with Crippen LogP contribution in [-0.4, -0.2) is 17.3 Å². The normalized spacial score (nSPS) is 19.7. The first-order chi connectivity index (χ1) is 12.6. The van der Waals surface area contributed by atoms with Gasteiger partial charge in [-0.05, 0) is 56.5 Å². The van der Waals surface area contributed by atoms with Gasteiger partial charge in [0.1, 0.15) is 5.92 Å². The molecule has 140 valence electrons. The number of carbonyl (C=O) groups excluding carboxylic acids is 3. The molecule has 1 aliphatic carbocycles. The summed E-state index contributed by atoms with van der Waals surface area (Å²) in [6.07, 6.45) is 6.09. The summed E-state index contributed by atoms with van der Waals surface area (Å²) in [5, 5.41) is 0. The number of benzene rings is 1. The van der Waals surface area contributed by atoms with E-state index in [1.165, 1.54) is 25.2 Å². The van der Waals surface area contributed by atoms with Crippen LogP contribution < -0.4 is 5.73 Å². The van der Waals surface area contributed by atoms with Gasteiger partial charge in [0.25, 0.3) is 0 Å². The van der Waals surface area contributed by atoms with Crippen molar-refractivity contribution in [3.63, 3.8) is 0 Å². The second-order valence-electron chi connectivity index (χ2n) is 6.98. The van der Waals surface area contributed by atoms with Crippen molar-refractivity contribution in [1.29, 1.82) is 0 Å². The molecule has 0 bridgehead atoms. The third kappa shape index (κ3) is 4.40. The predicted octanol–water partition coefficient (Wildman–Crippen LogP) is 3.71. The summed E-state index contributed by atoms with van der Waals surface area (Å²) in [5.74, 6) is -1.28. The van der Waals surface area contributed by atoms with Gasteiger partial charge in [0.2, 0.25) is 0 Å². The van der Waals surface area contributed by atoms with Crippen LogP contribution in [0.5, 0.6) is 0 Å². The highest BCUT2D eigenvalue weighted by Crippen LogP contribution is 2.36. The van der Waals surface area contributed by atoms with Gasteiger partial charge in [-0.15, -0.1) is 0 Å². The van der Waals surface area contributed by atoms with Crippen LogP contribution in [-0.2, 0) is 14.4 Å². The maximum Gasteiger partial charge on any atom is 0.174 e. The second-order valence-corrected chi connectivity index (χ2v) is 6.98. The molecule has 4 heteroatoms.